The molecule has 0 unspecified atom stereocenters. The largest absolute Gasteiger partial charge is 0.492 e. The van der Waals surface area contributed by atoms with Gasteiger partial charge in [-0.1, -0.05) is 17.8 Å². The summed E-state index contributed by atoms with van der Waals surface area (Å²) in [6, 6.07) is 0.504. The Hall–Kier alpha value is -0.810. The molecule has 1 heterocycles. The van der Waals surface area contributed by atoms with Crippen molar-refractivity contribution >= 4 is 16.5 Å². The van der Waals surface area contributed by atoms with Gasteiger partial charge in [-0.2, -0.15) is 4.98 Å². The zero-order chi connectivity index (χ0) is 12.9. The molecule has 0 spiro atoms. The van der Waals surface area contributed by atoms with E-state index in [9.17, 15) is 10.2 Å². The molecule has 3 rings (SSSR count). The van der Waals surface area contributed by atoms with Gasteiger partial charge in [-0.3, -0.25) is 0 Å². The maximum Gasteiger partial charge on any atom is 0.230 e. The molecular formula is C13H20N2O2S. The number of hydrogen-bond acceptors (Lipinski definition) is 5. The fourth-order valence-corrected chi connectivity index (χ4v) is 4.27. The van der Waals surface area contributed by atoms with Gasteiger partial charge in [0.2, 0.25) is 5.88 Å². The monoisotopic (exact) mass is 268 g/mol. The lowest BCUT2D eigenvalue weighted by Gasteiger charge is -2.22. The second-order valence-electron chi connectivity index (χ2n) is 6.16. The molecule has 2 aliphatic rings. The first-order chi connectivity index (χ1) is 8.43. The van der Waals surface area contributed by atoms with Crippen LogP contribution >= 0.6 is 11.3 Å². The number of nitrogens with one attached hydrogen (secondary N) is 1. The van der Waals surface area contributed by atoms with E-state index in [0.29, 0.717) is 10.9 Å². The second kappa shape index (κ2) is 4.10. The van der Waals surface area contributed by atoms with Crippen LogP contribution in [0.4, 0.5) is 5.13 Å². The van der Waals surface area contributed by atoms with Gasteiger partial charge in [-0.05, 0) is 44.9 Å². The van der Waals surface area contributed by atoms with Gasteiger partial charge in [0.1, 0.15) is 4.88 Å². The number of hydrogen-bond donors (Lipinski definition) is 3. The van der Waals surface area contributed by atoms with E-state index in [-0.39, 0.29) is 5.88 Å². The molecule has 4 nitrogen and oxygen atoms in total. The summed E-state index contributed by atoms with van der Waals surface area (Å²) >= 11 is 1.36. The van der Waals surface area contributed by atoms with Crippen LogP contribution in [0.3, 0.4) is 0 Å². The fourth-order valence-electron chi connectivity index (χ4n) is 3.35. The molecule has 2 fully saturated rings. The summed E-state index contributed by atoms with van der Waals surface area (Å²) in [4.78, 5) is 4.66. The van der Waals surface area contributed by atoms with Crippen molar-refractivity contribution < 1.29 is 10.2 Å². The smallest absolute Gasteiger partial charge is 0.230 e. The molecule has 5 heteroatoms. The summed E-state index contributed by atoms with van der Waals surface area (Å²) in [5.41, 5.74) is -1.03. The number of anilines is 1. The lowest BCUT2D eigenvalue weighted by Crippen LogP contribution is -2.25. The molecule has 1 aromatic rings. The van der Waals surface area contributed by atoms with Crippen LogP contribution in [-0.2, 0) is 5.60 Å². The number of thiazole rings is 1. The summed E-state index contributed by atoms with van der Waals surface area (Å²) in [6.45, 7) is 3.34. The highest BCUT2D eigenvalue weighted by atomic mass is 32.1. The van der Waals surface area contributed by atoms with Crippen LogP contribution in [0, 0.1) is 11.8 Å². The van der Waals surface area contributed by atoms with E-state index in [1.54, 1.807) is 13.8 Å². The Kier molecular flexibility index (Phi) is 2.79. The van der Waals surface area contributed by atoms with Crippen LogP contribution < -0.4 is 5.32 Å². The Bertz CT molecular complexity index is 452. The number of aliphatic hydroxyl groups is 1. The molecular weight excluding hydrogens is 248 g/mol. The normalized spacial score (nSPS) is 30.9. The Morgan fingerprint density at radius 1 is 1.33 bits per heavy atom. The third kappa shape index (κ3) is 2.10. The van der Waals surface area contributed by atoms with Crippen LogP contribution in [0.1, 0.15) is 44.4 Å². The van der Waals surface area contributed by atoms with Crippen molar-refractivity contribution in [2.75, 3.05) is 5.32 Å². The topological polar surface area (TPSA) is 65.4 Å². The van der Waals surface area contributed by atoms with Crippen LogP contribution in [-0.4, -0.2) is 21.2 Å². The maximum atomic E-state index is 9.93. The molecule has 0 aliphatic heterocycles. The minimum Gasteiger partial charge on any atom is -0.492 e. The molecule has 3 N–H and O–H groups in total. The first-order valence-electron chi connectivity index (χ1n) is 6.62. The zero-order valence-electron chi connectivity index (χ0n) is 10.8. The molecule has 18 heavy (non-hydrogen) atoms. The average Bonchev–Trinajstić information content (AvgIpc) is 2.92. The minimum absolute atomic E-state index is 0.0434. The van der Waals surface area contributed by atoms with Crippen LogP contribution in [0.5, 0.6) is 5.88 Å². The zero-order valence-corrected chi connectivity index (χ0v) is 11.6. The summed E-state index contributed by atoms with van der Waals surface area (Å²) < 4.78 is 0. The van der Waals surface area contributed by atoms with Crippen LogP contribution in [0.25, 0.3) is 0 Å². The van der Waals surface area contributed by atoms with Gasteiger partial charge >= 0.3 is 0 Å². The third-order valence-electron chi connectivity index (χ3n) is 4.21. The van der Waals surface area contributed by atoms with E-state index in [2.05, 4.69) is 10.3 Å². The number of aromatic hydroxyl groups is 1. The predicted octanol–water partition coefficient (Wildman–Crippen LogP) is 2.68. The number of aromatic nitrogens is 1. The van der Waals surface area contributed by atoms with Gasteiger partial charge in [-0.25, -0.2) is 0 Å². The Morgan fingerprint density at radius 3 is 2.61 bits per heavy atom. The molecule has 3 atom stereocenters. The van der Waals surface area contributed by atoms with Crippen molar-refractivity contribution in [2.45, 2.75) is 51.2 Å². The molecule has 2 aliphatic carbocycles. The van der Waals surface area contributed by atoms with Gasteiger partial charge in [0.25, 0.3) is 0 Å². The molecule has 0 aromatic carbocycles. The Balaban J connectivity index is 1.74. The van der Waals surface area contributed by atoms with E-state index in [1.807, 2.05) is 0 Å². The van der Waals surface area contributed by atoms with E-state index >= 15 is 0 Å². The van der Waals surface area contributed by atoms with Crippen molar-refractivity contribution in [3.05, 3.63) is 4.88 Å². The minimum atomic E-state index is -1.03. The van der Waals surface area contributed by atoms with Crippen LogP contribution in [0.2, 0.25) is 0 Å². The van der Waals surface area contributed by atoms with E-state index in [4.69, 9.17) is 0 Å². The highest BCUT2D eigenvalue weighted by Crippen LogP contribution is 2.46. The molecule has 0 radical (unpaired) electrons. The van der Waals surface area contributed by atoms with Crippen LogP contribution in [0.15, 0.2) is 0 Å². The summed E-state index contributed by atoms with van der Waals surface area (Å²) in [6.07, 6.45) is 5.26. The molecule has 2 bridgehead atoms. The summed E-state index contributed by atoms with van der Waals surface area (Å²) in [5, 5.41) is 23.9. The molecule has 100 valence electrons. The van der Waals surface area contributed by atoms with Gasteiger partial charge in [0.15, 0.2) is 5.13 Å². The van der Waals surface area contributed by atoms with E-state index in [0.717, 1.165) is 17.0 Å². The average molecular weight is 268 g/mol. The maximum absolute atomic E-state index is 9.93. The van der Waals surface area contributed by atoms with Crippen molar-refractivity contribution in [3.8, 4) is 5.88 Å². The molecule has 0 saturated heterocycles. The number of fused-ring (bicyclic) bond motifs is 2. The highest BCUT2D eigenvalue weighted by molar-refractivity contribution is 7.16. The molecule has 0 amide bonds. The van der Waals surface area contributed by atoms with Crippen molar-refractivity contribution in [2.24, 2.45) is 11.8 Å². The molecule has 1 aromatic heterocycles. The first kappa shape index (κ1) is 12.2. The highest BCUT2D eigenvalue weighted by Gasteiger charge is 2.40. The van der Waals surface area contributed by atoms with Gasteiger partial charge in [0.05, 0.1) is 5.60 Å². The summed E-state index contributed by atoms with van der Waals surface area (Å²) in [5.74, 6) is 1.61. The van der Waals surface area contributed by atoms with Gasteiger partial charge in [0, 0.05) is 6.04 Å². The Labute approximate surface area is 111 Å². The van der Waals surface area contributed by atoms with Gasteiger partial charge < -0.3 is 15.5 Å². The van der Waals surface area contributed by atoms with E-state index < -0.39 is 5.60 Å². The standard InChI is InChI=1S/C13H20N2O2S/c1-13(2,17)10-11(16)15-12(18-10)14-9-6-7-3-4-8(9)5-7/h7-9,16-17H,3-6H2,1-2H3,(H,14,15)/t7-,8+,9+/m1/s1. The van der Waals surface area contributed by atoms with Crippen molar-refractivity contribution in [1.82, 2.24) is 4.98 Å². The SMILES string of the molecule is CC(C)(O)c1sc(N[C@H]2C[C@@H]3CC[C@H]2C3)nc1O. The lowest BCUT2D eigenvalue weighted by atomic mass is 9.96. The van der Waals surface area contributed by atoms with E-state index in [1.165, 1.54) is 37.0 Å². The second-order valence-corrected chi connectivity index (χ2v) is 7.16. The lowest BCUT2D eigenvalue weighted by molar-refractivity contribution is 0.0795. The van der Waals surface area contributed by atoms with Gasteiger partial charge in [-0.15, -0.1) is 0 Å². The number of nitrogens with zero attached hydrogens (tertiary/aromatic N) is 1. The fraction of sp³-hybridized carbons (Fsp3) is 0.769. The summed E-state index contributed by atoms with van der Waals surface area (Å²) in [7, 11) is 0. The molecule has 2 saturated carbocycles. The third-order valence-corrected chi connectivity index (χ3v) is 5.50. The predicted molar refractivity (Wildman–Crippen MR) is 71.9 cm³/mol. The number of rotatable bonds is 3. The Morgan fingerprint density at radius 2 is 2.11 bits per heavy atom. The first-order valence-corrected chi connectivity index (χ1v) is 7.44. The van der Waals surface area contributed by atoms with Crippen molar-refractivity contribution in [3.63, 3.8) is 0 Å². The quantitative estimate of drug-likeness (QED) is 0.788. The van der Waals surface area contributed by atoms with Crippen molar-refractivity contribution in [1.29, 1.82) is 0 Å².